The lowest BCUT2D eigenvalue weighted by Gasteiger charge is -2.52. The van der Waals surface area contributed by atoms with Gasteiger partial charge in [-0.2, -0.15) is 0 Å². The summed E-state index contributed by atoms with van der Waals surface area (Å²) in [5.74, 6) is -1.76. The molecule has 35 atom stereocenters. The molecule has 36 heteroatoms. The smallest absolute Gasteiger partial charge is 0.217 e. The molecule has 36 nitrogen and oxygen atoms in total. The second kappa shape index (κ2) is 28.7. The van der Waals surface area contributed by atoms with Gasteiger partial charge in [0.1, 0.15) is 159 Å². The van der Waals surface area contributed by atoms with E-state index in [0.29, 0.717) is 0 Å². The molecule has 7 aliphatic heterocycles. The minimum absolute atomic E-state index is 0.830. The van der Waals surface area contributed by atoms with Crippen LogP contribution in [0.4, 0.5) is 0 Å². The molecular formula is C46H78N2O34. The van der Waals surface area contributed by atoms with E-state index < -0.39 is 260 Å². The maximum absolute atomic E-state index is 13.2. The molecule has 0 saturated carbocycles. The molecule has 2 amide bonds. The Morgan fingerprint density at radius 1 is 0.317 bits per heavy atom. The van der Waals surface area contributed by atoms with Crippen LogP contribution >= 0.6 is 0 Å². The Hall–Kier alpha value is -2.34. The normalized spacial score (nSPS) is 51.3. The van der Waals surface area contributed by atoms with E-state index in [1.54, 1.807) is 0 Å². The lowest BCUT2D eigenvalue weighted by atomic mass is 9.93. The van der Waals surface area contributed by atoms with Gasteiger partial charge < -0.3 is 169 Å². The van der Waals surface area contributed by atoms with Crippen LogP contribution in [0.15, 0.2) is 0 Å². The predicted octanol–water partition coefficient (Wildman–Crippen LogP) is -13.9. The maximum atomic E-state index is 13.2. The van der Waals surface area contributed by atoms with Crippen molar-refractivity contribution in [2.24, 2.45) is 0 Å². The van der Waals surface area contributed by atoms with E-state index in [1.165, 1.54) is 13.8 Å². The van der Waals surface area contributed by atoms with E-state index in [9.17, 15) is 107 Å². The number of ether oxygens (including phenoxy) is 13. The summed E-state index contributed by atoms with van der Waals surface area (Å²) in [7, 11) is 0. The average molecular weight is 1200 g/mol. The van der Waals surface area contributed by atoms with Crippen LogP contribution < -0.4 is 10.6 Å². The molecule has 0 aromatic heterocycles. The van der Waals surface area contributed by atoms with Gasteiger partial charge in [-0.15, -0.1) is 0 Å². The Morgan fingerprint density at radius 3 is 1.21 bits per heavy atom. The van der Waals surface area contributed by atoms with Crippen molar-refractivity contribution in [2.45, 2.75) is 243 Å². The van der Waals surface area contributed by atoms with Crippen LogP contribution in [0.2, 0.25) is 0 Å². The highest BCUT2D eigenvalue weighted by Gasteiger charge is 2.60. The second-order valence-electron chi connectivity index (χ2n) is 21.0. The summed E-state index contributed by atoms with van der Waals surface area (Å²) in [6.45, 7) is -0.599. The van der Waals surface area contributed by atoms with Crippen molar-refractivity contribution < 1.29 is 168 Å². The number of rotatable bonds is 19. The summed E-state index contributed by atoms with van der Waals surface area (Å²) in [5, 5.41) is 211. The molecule has 7 saturated heterocycles. The molecule has 0 aliphatic carbocycles. The van der Waals surface area contributed by atoms with Crippen molar-refractivity contribution in [2.75, 3.05) is 33.0 Å². The third-order valence-electron chi connectivity index (χ3n) is 15.3. The predicted molar refractivity (Wildman–Crippen MR) is 252 cm³/mol. The van der Waals surface area contributed by atoms with E-state index in [-0.39, 0.29) is 0 Å². The van der Waals surface area contributed by atoms with Gasteiger partial charge in [-0.3, -0.25) is 9.59 Å². The Labute approximate surface area is 465 Å². The van der Waals surface area contributed by atoms with Crippen LogP contribution in [-0.4, -0.2) is 357 Å². The Balaban J connectivity index is 1.21. The average Bonchev–Trinajstić information content (AvgIpc) is 2.64. The van der Waals surface area contributed by atoms with Gasteiger partial charge in [-0.25, -0.2) is 0 Å². The molecule has 0 aromatic carbocycles. The first-order valence-electron chi connectivity index (χ1n) is 26.3. The fraction of sp³-hybridized carbons (Fsp3) is 0.957. The number of hydrogen-bond donors (Lipinski definition) is 21. The summed E-state index contributed by atoms with van der Waals surface area (Å²) in [4.78, 5) is 25.8. The van der Waals surface area contributed by atoms with Crippen molar-refractivity contribution in [1.82, 2.24) is 10.6 Å². The third kappa shape index (κ3) is 14.1. The standard InChI is InChI=1S/C46H78N2O34/c1-10-21(56)26(61)31(66)43(70-10)80-37-20(48-13(4)55)42(76-18(9-53)36(37)79-46-39(28(63)23(58)14(5-49)74-46)82-44-32(67)27(62)22(57)11(2)71-44)81-38-24(59)15(6-50)73-45(33(38)68)78-34-17(8-52)75-41(19(25(34)60)47-12(3)54)77-35-16(7-51)72-40(69)30(65)29(35)64/h10-11,14-46,49-53,56-69H,5-9H2,1-4H3,(H,47,54)(H,48,55)/t10-,11-,14+,15+,16+,17+,18+,19+,20+,21+,22+,23-,24-,25+,26+,27+,28-,29+,30+,31-,32-,33+,34+,35+,36+,37+,38-,39+,40+,41-,42-,43-,44-,45-,46-/m0/s1. The van der Waals surface area contributed by atoms with Crippen molar-refractivity contribution in [3.8, 4) is 0 Å². The number of carbonyl (C=O) groups excluding carboxylic acids is 2. The first-order valence-corrected chi connectivity index (χ1v) is 26.3. The molecule has 7 fully saturated rings. The fourth-order valence-electron chi connectivity index (χ4n) is 10.7. The molecule has 476 valence electrons. The van der Waals surface area contributed by atoms with Crippen molar-refractivity contribution in [1.29, 1.82) is 0 Å². The lowest BCUT2D eigenvalue weighted by molar-refractivity contribution is -0.401. The SMILES string of the molecule is CC(=O)N[C@H]1[C@H](O[C@H]2[C@H](O)[C@@H](O)[C@H](O)O[C@@H]2CO)O[C@H](CO)[C@@H](O[C@@H]2O[C@H](CO)[C@H](O)[C@H](O[C@@H]3O[C@H](CO)[C@@H](O[C@@H]4O[C@H](CO)[C@H](O)[C@H](O)[C@H]4O[C@@H]4O[C@@H](C)[C@@H](O)[C@@H](O)[C@@H]4O)[C@H](O[C@@H]4O[C@@H](C)[C@@H](O)[C@@H](O)[C@@H]4O)[C@H]3NC(C)=O)[C@H]2O)[C@@H]1O. The van der Waals surface area contributed by atoms with Crippen LogP contribution in [0.1, 0.15) is 27.7 Å². The van der Waals surface area contributed by atoms with E-state index in [0.717, 1.165) is 13.8 Å². The van der Waals surface area contributed by atoms with Crippen molar-refractivity contribution >= 4 is 11.8 Å². The van der Waals surface area contributed by atoms with Gasteiger partial charge in [-0.05, 0) is 13.8 Å². The molecule has 7 aliphatic rings. The second-order valence-corrected chi connectivity index (χ2v) is 21.0. The molecular weight excluding hydrogens is 1120 g/mol. The minimum Gasteiger partial charge on any atom is -0.394 e. The summed E-state index contributed by atoms with van der Waals surface area (Å²) < 4.78 is 76.4. The lowest BCUT2D eigenvalue weighted by Crippen LogP contribution is -2.72. The molecule has 7 heterocycles. The first kappa shape index (κ1) is 67.2. The largest absolute Gasteiger partial charge is 0.394 e. The number of hydrogen-bond acceptors (Lipinski definition) is 34. The number of aliphatic hydroxyl groups is 19. The number of nitrogens with one attached hydrogen (secondary N) is 2. The first-order chi connectivity index (χ1) is 38.7. The van der Waals surface area contributed by atoms with E-state index in [4.69, 9.17) is 61.6 Å². The van der Waals surface area contributed by atoms with Gasteiger partial charge >= 0.3 is 0 Å². The summed E-state index contributed by atoms with van der Waals surface area (Å²) in [6.07, 6.45) is -62.8. The maximum Gasteiger partial charge on any atom is 0.217 e. The quantitative estimate of drug-likeness (QED) is 0.0571. The molecule has 0 bridgehead atoms. The van der Waals surface area contributed by atoms with Crippen LogP contribution in [0.3, 0.4) is 0 Å². The van der Waals surface area contributed by atoms with E-state index in [2.05, 4.69) is 10.6 Å². The highest BCUT2D eigenvalue weighted by molar-refractivity contribution is 5.73. The number of amides is 2. The van der Waals surface area contributed by atoms with Gasteiger partial charge in [-0.1, -0.05) is 0 Å². The van der Waals surface area contributed by atoms with Crippen LogP contribution in [0, 0.1) is 0 Å². The molecule has 0 unspecified atom stereocenters. The monoisotopic (exact) mass is 1200 g/mol. The Morgan fingerprint density at radius 2 is 0.683 bits per heavy atom. The fourth-order valence-corrected chi connectivity index (χ4v) is 10.7. The molecule has 7 rings (SSSR count). The van der Waals surface area contributed by atoms with Crippen molar-refractivity contribution in [3.05, 3.63) is 0 Å². The molecule has 0 radical (unpaired) electrons. The minimum atomic E-state index is -2.30. The van der Waals surface area contributed by atoms with Gasteiger partial charge in [0.05, 0.1) is 45.2 Å². The zero-order valence-corrected chi connectivity index (χ0v) is 44.4. The molecule has 82 heavy (non-hydrogen) atoms. The molecule has 21 N–H and O–H groups in total. The van der Waals surface area contributed by atoms with Crippen LogP contribution in [-0.2, 0) is 71.2 Å². The van der Waals surface area contributed by atoms with Gasteiger partial charge in [0.2, 0.25) is 11.8 Å². The van der Waals surface area contributed by atoms with Gasteiger partial charge in [0, 0.05) is 13.8 Å². The van der Waals surface area contributed by atoms with E-state index in [1.807, 2.05) is 0 Å². The third-order valence-corrected chi connectivity index (χ3v) is 15.3. The van der Waals surface area contributed by atoms with Crippen molar-refractivity contribution in [3.63, 3.8) is 0 Å². The topological polar surface area (TPSA) is 563 Å². The van der Waals surface area contributed by atoms with Crippen LogP contribution in [0.5, 0.6) is 0 Å². The summed E-state index contributed by atoms with van der Waals surface area (Å²) >= 11 is 0. The highest BCUT2D eigenvalue weighted by atomic mass is 16.8. The number of carbonyl (C=O) groups is 2. The zero-order chi connectivity index (χ0) is 60.5. The highest BCUT2D eigenvalue weighted by Crippen LogP contribution is 2.39. The Bertz CT molecular complexity index is 2030. The van der Waals surface area contributed by atoms with E-state index >= 15 is 0 Å². The van der Waals surface area contributed by atoms with Gasteiger partial charge in [0.15, 0.2) is 44.0 Å². The Kier molecular flexibility index (Phi) is 23.5. The van der Waals surface area contributed by atoms with Gasteiger partial charge in [0.25, 0.3) is 0 Å². The summed E-state index contributed by atoms with van der Waals surface area (Å²) in [5.41, 5.74) is 0. The summed E-state index contributed by atoms with van der Waals surface area (Å²) in [6, 6.07) is -3.64. The molecule has 0 spiro atoms. The number of aliphatic hydroxyl groups excluding tert-OH is 19. The zero-order valence-electron chi connectivity index (χ0n) is 44.4. The van der Waals surface area contributed by atoms with Crippen LogP contribution in [0.25, 0.3) is 0 Å². The molecule has 0 aromatic rings.